The molecule has 2 aliphatic heterocycles. The Balaban J connectivity index is 1.84. The fourth-order valence-electron chi connectivity index (χ4n) is 3.01. The Kier molecular flexibility index (Phi) is 3.88. The van der Waals surface area contributed by atoms with Gasteiger partial charge in [-0.3, -0.25) is 0 Å². The molecule has 16 heavy (non-hydrogen) atoms. The monoisotopic (exact) mass is 228 g/mol. The molecule has 0 bridgehead atoms. The molecule has 0 amide bonds. The van der Waals surface area contributed by atoms with Crippen molar-refractivity contribution in [1.82, 2.24) is 0 Å². The van der Waals surface area contributed by atoms with Gasteiger partial charge in [-0.25, -0.2) is 0 Å². The predicted octanol–water partition coefficient (Wildman–Crippen LogP) is 0.985. The Labute approximate surface area is 99.1 Å². The van der Waals surface area contributed by atoms with Gasteiger partial charge in [-0.2, -0.15) is 0 Å². The van der Waals surface area contributed by atoms with Crippen LogP contribution in [0.15, 0.2) is 0 Å². The molecule has 2 atom stereocenters. The van der Waals surface area contributed by atoms with E-state index in [1.54, 1.807) is 4.90 Å². The highest BCUT2D eigenvalue weighted by Gasteiger charge is 2.35. The zero-order valence-electron chi connectivity index (χ0n) is 10.9. The van der Waals surface area contributed by atoms with Crippen molar-refractivity contribution in [2.75, 3.05) is 19.6 Å². The van der Waals surface area contributed by atoms with Crippen molar-refractivity contribution >= 4 is 0 Å². The summed E-state index contributed by atoms with van der Waals surface area (Å²) in [6.45, 7) is 10.1. The minimum Gasteiger partial charge on any atom is -0.344 e. The minimum atomic E-state index is -0.0163. The van der Waals surface area contributed by atoms with Crippen LogP contribution in [0.4, 0.5) is 0 Å². The number of likely N-dealkylation sites (tertiary alicyclic amines) is 1. The van der Waals surface area contributed by atoms with Gasteiger partial charge in [0.25, 0.3) is 0 Å². The van der Waals surface area contributed by atoms with Gasteiger partial charge < -0.3 is 14.4 Å². The van der Waals surface area contributed by atoms with Gasteiger partial charge in [-0.05, 0) is 40.0 Å². The zero-order chi connectivity index (χ0) is 11.6. The molecular formula is C13H26NO2+. The molecular weight excluding hydrogens is 202 g/mol. The van der Waals surface area contributed by atoms with Crippen LogP contribution in [0.25, 0.3) is 0 Å². The van der Waals surface area contributed by atoms with Crippen LogP contribution in [0.5, 0.6) is 0 Å². The van der Waals surface area contributed by atoms with Crippen molar-refractivity contribution in [2.45, 2.75) is 64.4 Å². The molecule has 1 N–H and O–H groups in total. The molecule has 2 saturated heterocycles. The maximum absolute atomic E-state index is 6.00. The summed E-state index contributed by atoms with van der Waals surface area (Å²) in [5.74, 6) is 0. The normalized spacial score (nSPS) is 36.2. The molecule has 2 aliphatic rings. The third-order valence-corrected chi connectivity index (χ3v) is 3.63. The quantitative estimate of drug-likeness (QED) is 0.761. The van der Waals surface area contributed by atoms with Crippen LogP contribution in [0.3, 0.4) is 0 Å². The first-order valence-corrected chi connectivity index (χ1v) is 6.72. The Bertz CT molecular complexity index is 224. The average Bonchev–Trinajstić information content (AvgIpc) is 2.15. The number of nitrogens with one attached hydrogen (secondary N) is 1. The van der Waals surface area contributed by atoms with Crippen molar-refractivity contribution in [3.8, 4) is 0 Å². The molecule has 0 aromatic rings. The van der Waals surface area contributed by atoms with Gasteiger partial charge in [0.1, 0.15) is 6.54 Å². The van der Waals surface area contributed by atoms with Crippen LogP contribution in [-0.4, -0.2) is 37.6 Å². The Morgan fingerprint density at radius 1 is 1.19 bits per heavy atom. The Morgan fingerprint density at radius 2 is 1.88 bits per heavy atom. The van der Waals surface area contributed by atoms with Crippen molar-refractivity contribution in [2.24, 2.45) is 0 Å². The maximum Gasteiger partial charge on any atom is 0.208 e. The van der Waals surface area contributed by atoms with E-state index in [0.29, 0.717) is 6.10 Å². The van der Waals surface area contributed by atoms with E-state index in [9.17, 15) is 0 Å². The smallest absolute Gasteiger partial charge is 0.208 e. The van der Waals surface area contributed by atoms with Crippen molar-refractivity contribution in [3.63, 3.8) is 0 Å². The average molecular weight is 228 g/mol. The molecule has 0 radical (unpaired) electrons. The molecule has 2 fully saturated rings. The van der Waals surface area contributed by atoms with Crippen LogP contribution < -0.4 is 4.90 Å². The Hall–Kier alpha value is -0.120. The van der Waals surface area contributed by atoms with Crippen molar-refractivity contribution < 1.29 is 14.4 Å². The maximum atomic E-state index is 6.00. The van der Waals surface area contributed by atoms with Gasteiger partial charge in [0.05, 0.1) is 24.8 Å². The third-order valence-electron chi connectivity index (χ3n) is 3.63. The van der Waals surface area contributed by atoms with E-state index in [4.69, 9.17) is 9.47 Å². The highest BCUT2D eigenvalue weighted by Crippen LogP contribution is 2.26. The van der Waals surface area contributed by atoms with Crippen LogP contribution >= 0.6 is 0 Å². The Morgan fingerprint density at radius 3 is 2.50 bits per heavy atom. The predicted molar refractivity (Wildman–Crippen MR) is 63.5 cm³/mol. The first kappa shape index (κ1) is 12.3. The second kappa shape index (κ2) is 5.03. The fourth-order valence-corrected chi connectivity index (χ4v) is 3.01. The minimum absolute atomic E-state index is 0.00634. The standard InChI is InChI=1S/C13H25NO2/c1-11-9-13(2,3)16-12(15-11)10-14-7-5-4-6-8-14/h11-12H,4-10H2,1-3H3/p+1/t11-,12-/m1/s1. The second-order valence-electron chi connectivity index (χ2n) is 5.97. The molecule has 2 rings (SSSR count). The van der Waals surface area contributed by atoms with Gasteiger partial charge in [0.2, 0.25) is 6.29 Å². The molecule has 0 unspecified atom stereocenters. The number of hydrogen-bond acceptors (Lipinski definition) is 2. The van der Waals surface area contributed by atoms with Gasteiger partial charge in [-0.1, -0.05) is 0 Å². The largest absolute Gasteiger partial charge is 0.344 e. The number of hydrogen-bond donors (Lipinski definition) is 1. The van der Waals surface area contributed by atoms with E-state index in [0.717, 1.165) is 13.0 Å². The first-order chi connectivity index (χ1) is 7.55. The summed E-state index contributed by atoms with van der Waals surface area (Å²) in [7, 11) is 0. The second-order valence-corrected chi connectivity index (χ2v) is 5.97. The molecule has 0 aromatic heterocycles. The molecule has 3 nitrogen and oxygen atoms in total. The van der Waals surface area contributed by atoms with Gasteiger partial charge >= 0.3 is 0 Å². The number of rotatable bonds is 2. The lowest BCUT2D eigenvalue weighted by Gasteiger charge is -2.40. The van der Waals surface area contributed by atoms with E-state index >= 15 is 0 Å². The summed E-state index contributed by atoms with van der Waals surface area (Å²) < 4.78 is 11.9. The third kappa shape index (κ3) is 3.44. The molecule has 0 aromatic carbocycles. The summed E-state index contributed by atoms with van der Waals surface area (Å²) in [6.07, 6.45) is 5.46. The highest BCUT2D eigenvalue weighted by molar-refractivity contribution is 4.77. The number of ether oxygens (including phenoxy) is 2. The van der Waals surface area contributed by atoms with Crippen LogP contribution in [0.1, 0.15) is 46.5 Å². The molecule has 2 heterocycles. The molecule has 3 heteroatoms. The summed E-state index contributed by atoms with van der Waals surface area (Å²) in [5, 5.41) is 0. The fraction of sp³-hybridized carbons (Fsp3) is 1.00. The summed E-state index contributed by atoms with van der Waals surface area (Å²) in [6, 6.07) is 0. The molecule has 0 aliphatic carbocycles. The highest BCUT2D eigenvalue weighted by atomic mass is 16.7. The van der Waals surface area contributed by atoms with E-state index < -0.39 is 0 Å². The van der Waals surface area contributed by atoms with Crippen molar-refractivity contribution in [3.05, 3.63) is 0 Å². The number of quaternary nitrogens is 1. The molecule has 0 spiro atoms. The van der Waals surface area contributed by atoms with E-state index in [-0.39, 0.29) is 11.9 Å². The topological polar surface area (TPSA) is 22.9 Å². The lowest BCUT2D eigenvalue weighted by molar-refractivity contribution is -0.911. The lowest BCUT2D eigenvalue weighted by Crippen LogP contribution is -3.14. The van der Waals surface area contributed by atoms with Gasteiger partial charge in [-0.15, -0.1) is 0 Å². The molecule has 94 valence electrons. The summed E-state index contributed by atoms with van der Waals surface area (Å²) in [5.41, 5.74) is -0.0163. The summed E-state index contributed by atoms with van der Waals surface area (Å²) in [4.78, 5) is 1.65. The van der Waals surface area contributed by atoms with E-state index in [1.165, 1.54) is 32.4 Å². The van der Waals surface area contributed by atoms with Crippen LogP contribution in [0.2, 0.25) is 0 Å². The first-order valence-electron chi connectivity index (χ1n) is 6.72. The van der Waals surface area contributed by atoms with Crippen LogP contribution in [-0.2, 0) is 9.47 Å². The number of piperidine rings is 1. The molecule has 0 saturated carbocycles. The SMILES string of the molecule is C[C@@H]1CC(C)(C)O[C@H](C[NH+]2CCCCC2)O1. The van der Waals surface area contributed by atoms with Gasteiger partial charge in [0.15, 0.2) is 0 Å². The van der Waals surface area contributed by atoms with E-state index in [2.05, 4.69) is 20.8 Å². The zero-order valence-corrected chi connectivity index (χ0v) is 10.9. The summed E-state index contributed by atoms with van der Waals surface area (Å²) >= 11 is 0. The van der Waals surface area contributed by atoms with Gasteiger partial charge in [0, 0.05) is 6.42 Å². The lowest BCUT2D eigenvalue weighted by atomic mass is 10.00. The van der Waals surface area contributed by atoms with E-state index in [1.807, 2.05) is 0 Å². The van der Waals surface area contributed by atoms with Crippen molar-refractivity contribution in [1.29, 1.82) is 0 Å². The van der Waals surface area contributed by atoms with Crippen LogP contribution in [0, 0.1) is 0 Å².